The highest BCUT2D eigenvalue weighted by atomic mass is 15.1. The Hall–Kier alpha value is -4.77. The van der Waals surface area contributed by atoms with Crippen molar-refractivity contribution in [3.8, 4) is 5.69 Å². The van der Waals surface area contributed by atoms with Gasteiger partial charge in [0.2, 0.25) is 0 Å². The van der Waals surface area contributed by atoms with E-state index in [1.807, 2.05) is 24.5 Å². The second-order valence-electron chi connectivity index (χ2n) is 8.58. The van der Waals surface area contributed by atoms with Gasteiger partial charge in [0.1, 0.15) is 11.3 Å². The van der Waals surface area contributed by atoms with Crippen molar-refractivity contribution in [1.29, 1.82) is 0 Å². The smallest absolute Gasteiger partial charge is 0.147 e. The third kappa shape index (κ3) is 2.16. The van der Waals surface area contributed by atoms with Crippen LogP contribution in [0.5, 0.6) is 0 Å². The van der Waals surface area contributed by atoms with Gasteiger partial charge in [-0.1, -0.05) is 36.4 Å². The van der Waals surface area contributed by atoms with Crippen LogP contribution in [-0.4, -0.2) is 23.9 Å². The number of pyridine rings is 3. The maximum Gasteiger partial charge on any atom is 0.147 e. The highest BCUT2D eigenvalue weighted by Gasteiger charge is 2.20. The van der Waals surface area contributed by atoms with E-state index < -0.39 is 0 Å². The number of nitrogens with zero attached hydrogens (tertiary/aromatic N) is 5. The van der Waals surface area contributed by atoms with E-state index in [4.69, 9.17) is 9.97 Å². The number of fused-ring (bicyclic) bond motifs is 12. The van der Waals surface area contributed by atoms with Crippen molar-refractivity contribution in [3.63, 3.8) is 0 Å². The van der Waals surface area contributed by atoms with E-state index in [1.165, 1.54) is 27.2 Å². The van der Waals surface area contributed by atoms with Gasteiger partial charge in [0.05, 0.1) is 28.3 Å². The molecule has 5 heteroatoms. The molecule has 0 radical (unpaired) electrons. The summed E-state index contributed by atoms with van der Waals surface area (Å²) in [5.74, 6) is 0. The Morgan fingerprint density at radius 2 is 1.38 bits per heavy atom. The number of rotatable bonds is 1. The van der Waals surface area contributed by atoms with E-state index in [-0.39, 0.29) is 0 Å². The zero-order chi connectivity index (χ0) is 22.2. The van der Waals surface area contributed by atoms with E-state index in [9.17, 15) is 0 Å². The molecule has 0 aliphatic carbocycles. The first-order valence-corrected chi connectivity index (χ1v) is 11.3. The standard InChI is InChI=1S/C29H17N5/c1-2-7-18(8-3-1)33-23-11-5-4-9-19(23)27-24(33)13-12-21-26(27)20-10-6-15-31-28(20)34-25-17-30-16-14-22(25)32-29(21)34/h1-17H. The van der Waals surface area contributed by atoms with Crippen molar-refractivity contribution in [2.75, 3.05) is 0 Å². The van der Waals surface area contributed by atoms with E-state index in [1.54, 1.807) is 6.20 Å². The zero-order valence-electron chi connectivity index (χ0n) is 18.1. The minimum Gasteiger partial charge on any atom is -0.309 e. The van der Waals surface area contributed by atoms with Crippen LogP contribution in [-0.2, 0) is 0 Å². The zero-order valence-corrected chi connectivity index (χ0v) is 18.1. The summed E-state index contributed by atoms with van der Waals surface area (Å²) in [4.78, 5) is 14.2. The van der Waals surface area contributed by atoms with Gasteiger partial charge in [-0.3, -0.25) is 9.38 Å². The van der Waals surface area contributed by atoms with Gasteiger partial charge in [-0.05, 0) is 48.5 Å². The molecule has 0 spiro atoms. The summed E-state index contributed by atoms with van der Waals surface area (Å²) in [5, 5.41) is 5.85. The van der Waals surface area contributed by atoms with Crippen molar-refractivity contribution >= 4 is 60.3 Å². The predicted octanol–water partition coefficient (Wildman–Crippen LogP) is 6.68. The molecule has 3 aromatic carbocycles. The molecule has 0 saturated carbocycles. The SMILES string of the molecule is c1ccc(-n2c3ccccc3c3c4c5cccnc5n5c6cnccc6nc5c4ccc32)cc1. The summed E-state index contributed by atoms with van der Waals surface area (Å²) in [5.41, 5.74) is 7.19. The lowest BCUT2D eigenvalue weighted by atomic mass is 10.0. The highest BCUT2D eigenvalue weighted by molar-refractivity contribution is 6.30. The maximum absolute atomic E-state index is 5.02. The Bertz CT molecular complexity index is 2070. The van der Waals surface area contributed by atoms with E-state index in [0.29, 0.717) is 0 Å². The fraction of sp³-hybridized carbons (Fsp3) is 0. The molecular weight excluding hydrogens is 418 g/mol. The Morgan fingerprint density at radius 3 is 2.32 bits per heavy atom. The Kier molecular flexibility index (Phi) is 3.34. The average Bonchev–Trinajstić information content (AvgIpc) is 3.45. The Labute approximate surface area is 193 Å². The number of imidazole rings is 1. The topological polar surface area (TPSA) is 48.0 Å². The number of benzene rings is 3. The number of hydrogen-bond acceptors (Lipinski definition) is 3. The molecule has 0 aliphatic heterocycles. The predicted molar refractivity (Wildman–Crippen MR) is 138 cm³/mol. The third-order valence-corrected chi connectivity index (χ3v) is 6.82. The number of hydrogen-bond donors (Lipinski definition) is 0. The molecule has 5 nitrogen and oxygen atoms in total. The van der Waals surface area contributed by atoms with Gasteiger partial charge in [0.15, 0.2) is 0 Å². The van der Waals surface area contributed by atoms with Crippen molar-refractivity contribution in [2.24, 2.45) is 0 Å². The first kappa shape index (κ1) is 17.7. The molecule has 5 heterocycles. The van der Waals surface area contributed by atoms with E-state index >= 15 is 0 Å². The van der Waals surface area contributed by atoms with Crippen LogP contribution in [0.4, 0.5) is 0 Å². The first-order chi connectivity index (χ1) is 16.9. The maximum atomic E-state index is 5.02. The molecule has 0 amide bonds. The Balaban J connectivity index is 1.70. The molecular formula is C29H17N5. The second-order valence-corrected chi connectivity index (χ2v) is 8.58. The molecule has 34 heavy (non-hydrogen) atoms. The summed E-state index contributed by atoms with van der Waals surface area (Å²) in [6.07, 6.45) is 5.51. The summed E-state index contributed by atoms with van der Waals surface area (Å²) < 4.78 is 4.49. The third-order valence-electron chi connectivity index (χ3n) is 6.82. The molecule has 8 aromatic rings. The van der Waals surface area contributed by atoms with Crippen molar-refractivity contribution < 1.29 is 0 Å². The second kappa shape index (κ2) is 6.39. The van der Waals surface area contributed by atoms with Crippen LogP contribution < -0.4 is 0 Å². The monoisotopic (exact) mass is 435 g/mol. The van der Waals surface area contributed by atoms with Crippen LogP contribution in [0.15, 0.2) is 104 Å². The molecule has 0 N–H and O–H groups in total. The summed E-state index contributed by atoms with van der Waals surface area (Å²) in [6, 6.07) is 29.8. The molecule has 8 rings (SSSR count). The van der Waals surface area contributed by atoms with Crippen LogP contribution in [0.25, 0.3) is 66.0 Å². The van der Waals surface area contributed by atoms with E-state index in [0.717, 1.165) is 38.8 Å². The minimum atomic E-state index is 0.893. The van der Waals surface area contributed by atoms with Crippen molar-refractivity contribution in [2.45, 2.75) is 0 Å². The van der Waals surface area contributed by atoms with Crippen LogP contribution in [0.1, 0.15) is 0 Å². The lowest BCUT2D eigenvalue weighted by Gasteiger charge is -2.11. The molecule has 0 unspecified atom stereocenters. The van der Waals surface area contributed by atoms with Gasteiger partial charge in [0.25, 0.3) is 0 Å². The van der Waals surface area contributed by atoms with E-state index in [2.05, 4.69) is 86.7 Å². The summed E-state index contributed by atoms with van der Waals surface area (Å²) in [7, 11) is 0. The first-order valence-electron chi connectivity index (χ1n) is 11.3. The molecule has 0 saturated heterocycles. The van der Waals surface area contributed by atoms with Gasteiger partial charge >= 0.3 is 0 Å². The molecule has 5 aromatic heterocycles. The average molecular weight is 435 g/mol. The molecule has 158 valence electrons. The van der Waals surface area contributed by atoms with Crippen LogP contribution >= 0.6 is 0 Å². The van der Waals surface area contributed by atoms with Crippen molar-refractivity contribution in [3.05, 3.63) is 104 Å². The highest BCUT2D eigenvalue weighted by Crippen LogP contribution is 2.41. The number of para-hydroxylation sites is 2. The fourth-order valence-electron chi connectivity index (χ4n) is 5.47. The van der Waals surface area contributed by atoms with Gasteiger partial charge < -0.3 is 4.57 Å². The van der Waals surface area contributed by atoms with Gasteiger partial charge in [-0.25, -0.2) is 9.97 Å². The quantitative estimate of drug-likeness (QED) is 0.270. The molecule has 0 atom stereocenters. The van der Waals surface area contributed by atoms with Gasteiger partial charge in [-0.15, -0.1) is 0 Å². The fourth-order valence-corrected chi connectivity index (χ4v) is 5.47. The number of aromatic nitrogens is 5. The lowest BCUT2D eigenvalue weighted by molar-refractivity contribution is 1.18. The van der Waals surface area contributed by atoms with Crippen LogP contribution in [0, 0.1) is 0 Å². The summed E-state index contributed by atoms with van der Waals surface area (Å²) in [6.45, 7) is 0. The van der Waals surface area contributed by atoms with Crippen LogP contribution in [0.2, 0.25) is 0 Å². The normalized spacial score (nSPS) is 12.1. The minimum absolute atomic E-state index is 0.893. The summed E-state index contributed by atoms with van der Waals surface area (Å²) >= 11 is 0. The van der Waals surface area contributed by atoms with Crippen LogP contribution in [0.3, 0.4) is 0 Å². The van der Waals surface area contributed by atoms with Crippen molar-refractivity contribution in [1.82, 2.24) is 23.9 Å². The molecule has 0 aliphatic rings. The molecule has 0 fully saturated rings. The molecule has 0 bridgehead atoms. The Morgan fingerprint density at radius 1 is 0.559 bits per heavy atom. The van der Waals surface area contributed by atoms with Gasteiger partial charge in [-0.2, -0.15) is 0 Å². The van der Waals surface area contributed by atoms with Gasteiger partial charge in [0, 0.05) is 45.0 Å². The lowest BCUT2D eigenvalue weighted by Crippen LogP contribution is -1.95. The largest absolute Gasteiger partial charge is 0.309 e.